The Kier molecular flexibility index (Phi) is 7.15. The van der Waals surface area contributed by atoms with Crippen LogP contribution in [0.2, 0.25) is 5.02 Å². The molecule has 36 heavy (non-hydrogen) atoms. The summed E-state index contributed by atoms with van der Waals surface area (Å²) in [5.41, 5.74) is 4.20. The Labute approximate surface area is 216 Å². The Balaban J connectivity index is 1.36. The van der Waals surface area contributed by atoms with Crippen LogP contribution in [0.25, 0.3) is 10.9 Å². The van der Waals surface area contributed by atoms with Crippen LogP contribution in [0.3, 0.4) is 0 Å². The lowest BCUT2D eigenvalue weighted by Gasteiger charge is -2.35. The first-order valence-corrected chi connectivity index (χ1v) is 13.0. The first kappa shape index (κ1) is 24.9. The number of ether oxygens (including phenoxy) is 4. The van der Waals surface area contributed by atoms with Gasteiger partial charge in [-0.05, 0) is 68.1 Å². The van der Waals surface area contributed by atoms with Crippen molar-refractivity contribution in [3.05, 3.63) is 64.3 Å². The zero-order valence-corrected chi connectivity index (χ0v) is 21.8. The van der Waals surface area contributed by atoms with E-state index in [2.05, 4.69) is 4.98 Å². The van der Waals surface area contributed by atoms with E-state index in [1.165, 1.54) is 5.56 Å². The van der Waals surface area contributed by atoms with Crippen molar-refractivity contribution in [2.45, 2.75) is 58.0 Å². The van der Waals surface area contributed by atoms with Crippen molar-refractivity contribution in [2.24, 2.45) is 0 Å². The molecule has 1 N–H and O–H groups in total. The lowest BCUT2D eigenvalue weighted by Crippen LogP contribution is -2.41. The van der Waals surface area contributed by atoms with E-state index in [0.717, 1.165) is 47.2 Å². The summed E-state index contributed by atoms with van der Waals surface area (Å²) in [4.78, 5) is 18.4. The molecule has 1 aromatic heterocycles. The fourth-order valence-electron chi connectivity index (χ4n) is 5.04. The normalized spacial score (nSPS) is 20.9. The summed E-state index contributed by atoms with van der Waals surface area (Å²) in [6, 6.07) is 13.5. The Morgan fingerprint density at radius 2 is 2.00 bits per heavy atom. The molecule has 0 bridgehead atoms. The molecule has 7 nitrogen and oxygen atoms in total. The van der Waals surface area contributed by atoms with E-state index in [1.54, 1.807) is 0 Å². The number of carbonyl (C=O) groups excluding carboxylic acids is 1. The molecule has 2 atom stereocenters. The number of halogens is 1. The minimum absolute atomic E-state index is 0.0399. The molecule has 0 radical (unpaired) electrons. The predicted octanol–water partition coefficient (Wildman–Crippen LogP) is 6.24. The second-order valence-electron chi connectivity index (χ2n) is 9.82. The number of carbonyl (C=O) groups is 1. The fourth-order valence-corrected chi connectivity index (χ4v) is 5.21. The number of H-pyrrole nitrogens is 1. The lowest BCUT2D eigenvalue weighted by atomic mass is 9.92. The van der Waals surface area contributed by atoms with Gasteiger partial charge in [0.15, 0.2) is 5.79 Å². The lowest BCUT2D eigenvalue weighted by molar-refractivity contribution is -0.139. The first-order chi connectivity index (χ1) is 17.3. The second kappa shape index (κ2) is 10.3. The van der Waals surface area contributed by atoms with Crippen LogP contribution in [0.15, 0.2) is 42.5 Å². The molecule has 1 amide bonds. The summed E-state index contributed by atoms with van der Waals surface area (Å²) < 4.78 is 23.0. The van der Waals surface area contributed by atoms with Crippen LogP contribution in [-0.2, 0) is 20.6 Å². The SMILES string of the molecule is CCCOC(=O)N1CCc2c([nH]c3ccc(Cl)cc23)C1c1ccc(OCC[C@@H]2COC(C)(C)O2)cc1. The van der Waals surface area contributed by atoms with E-state index >= 15 is 0 Å². The summed E-state index contributed by atoms with van der Waals surface area (Å²) in [6.45, 7) is 7.92. The van der Waals surface area contributed by atoms with Gasteiger partial charge in [-0.25, -0.2) is 4.79 Å². The zero-order valence-electron chi connectivity index (χ0n) is 21.0. The predicted molar refractivity (Wildman–Crippen MR) is 139 cm³/mol. The molecule has 2 aromatic carbocycles. The van der Waals surface area contributed by atoms with Gasteiger partial charge in [0.05, 0.1) is 25.9 Å². The van der Waals surface area contributed by atoms with Crippen LogP contribution in [0.1, 0.15) is 56.5 Å². The third-order valence-corrected chi connectivity index (χ3v) is 6.96. The maximum absolute atomic E-state index is 13.0. The molecule has 3 aromatic rings. The van der Waals surface area contributed by atoms with Gasteiger partial charge in [-0.3, -0.25) is 4.90 Å². The number of amides is 1. The van der Waals surface area contributed by atoms with Gasteiger partial charge in [-0.15, -0.1) is 0 Å². The Morgan fingerprint density at radius 3 is 2.72 bits per heavy atom. The van der Waals surface area contributed by atoms with E-state index in [-0.39, 0.29) is 18.2 Å². The van der Waals surface area contributed by atoms with Crippen molar-refractivity contribution in [1.29, 1.82) is 0 Å². The number of aromatic amines is 1. The van der Waals surface area contributed by atoms with Crippen LogP contribution in [0.5, 0.6) is 5.75 Å². The largest absolute Gasteiger partial charge is 0.493 e. The molecule has 1 fully saturated rings. The number of benzene rings is 2. The molecule has 2 aliphatic rings. The first-order valence-electron chi connectivity index (χ1n) is 12.6. The molecule has 2 aliphatic heterocycles. The summed E-state index contributed by atoms with van der Waals surface area (Å²) in [7, 11) is 0. The minimum Gasteiger partial charge on any atom is -0.493 e. The van der Waals surface area contributed by atoms with E-state index < -0.39 is 5.79 Å². The average molecular weight is 513 g/mol. The monoisotopic (exact) mass is 512 g/mol. The molecule has 3 heterocycles. The van der Waals surface area contributed by atoms with Crippen molar-refractivity contribution < 1.29 is 23.7 Å². The third kappa shape index (κ3) is 5.19. The molecule has 1 saturated heterocycles. The molecular formula is C28H33ClN2O5. The Morgan fingerprint density at radius 1 is 1.19 bits per heavy atom. The van der Waals surface area contributed by atoms with Gasteiger partial charge in [0.2, 0.25) is 0 Å². The van der Waals surface area contributed by atoms with E-state index in [1.807, 2.05) is 68.1 Å². The number of nitrogens with zero attached hydrogens (tertiary/aromatic N) is 1. The van der Waals surface area contributed by atoms with Crippen molar-refractivity contribution in [2.75, 3.05) is 26.4 Å². The summed E-state index contributed by atoms with van der Waals surface area (Å²) in [6.07, 6.45) is 2.01. The Hall–Kier alpha value is -2.74. The number of aromatic nitrogens is 1. The van der Waals surface area contributed by atoms with Crippen molar-refractivity contribution >= 4 is 28.6 Å². The molecule has 0 spiro atoms. The van der Waals surface area contributed by atoms with Crippen LogP contribution in [0.4, 0.5) is 4.79 Å². The number of rotatable bonds is 7. The number of fused-ring (bicyclic) bond motifs is 3. The van der Waals surface area contributed by atoms with E-state index in [4.69, 9.17) is 30.5 Å². The maximum atomic E-state index is 13.0. The highest BCUT2D eigenvalue weighted by atomic mass is 35.5. The van der Waals surface area contributed by atoms with Crippen LogP contribution < -0.4 is 4.74 Å². The summed E-state index contributed by atoms with van der Waals surface area (Å²) >= 11 is 6.30. The van der Waals surface area contributed by atoms with Gasteiger partial charge in [0.1, 0.15) is 11.8 Å². The summed E-state index contributed by atoms with van der Waals surface area (Å²) in [5, 5.41) is 1.80. The number of hydrogen-bond acceptors (Lipinski definition) is 5. The molecule has 1 unspecified atom stereocenters. The highest BCUT2D eigenvalue weighted by molar-refractivity contribution is 6.31. The van der Waals surface area contributed by atoms with Crippen LogP contribution in [0, 0.1) is 0 Å². The highest BCUT2D eigenvalue weighted by Gasteiger charge is 2.36. The van der Waals surface area contributed by atoms with Crippen molar-refractivity contribution in [1.82, 2.24) is 9.88 Å². The number of nitrogens with one attached hydrogen (secondary N) is 1. The van der Waals surface area contributed by atoms with Gasteiger partial charge >= 0.3 is 6.09 Å². The van der Waals surface area contributed by atoms with Crippen LogP contribution >= 0.6 is 11.6 Å². The van der Waals surface area contributed by atoms with Gasteiger partial charge < -0.3 is 23.9 Å². The van der Waals surface area contributed by atoms with Gasteiger partial charge in [-0.1, -0.05) is 30.7 Å². The quantitative estimate of drug-likeness (QED) is 0.406. The molecule has 192 valence electrons. The topological polar surface area (TPSA) is 73.0 Å². The molecular weight excluding hydrogens is 480 g/mol. The van der Waals surface area contributed by atoms with Crippen molar-refractivity contribution in [3.8, 4) is 5.75 Å². The Bertz CT molecular complexity index is 1220. The standard InChI is InChI=1S/C28H33ClN2O5/c1-4-14-34-27(32)31-13-11-22-23-16-19(29)7-10-24(23)30-25(22)26(31)18-5-8-20(9-6-18)33-15-12-21-17-35-28(2,3)36-21/h5-10,16,21,26,30H,4,11-15,17H2,1-3H3/t21-,26?/m1/s1. The second-order valence-corrected chi connectivity index (χ2v) is 10.3. The third-order valence-electron chi connectivity index (χ3n) is 6.72. The summed E-state index contributed by atoms with van der Waals surface area (Å²) in [5.74, 6) is 0.250. The molecule has 5 rings (SSSR count). The van der Waals surface area contributed by atoms with Crippen LogP contribution in [-0.4, -0.2) is 54.2 Å². The zero-order chi connectivity index (χ0) is 25.3. The van der Waals surface area contributed by atoms with Gasteiger partial charge in [0.25, 0.3) is 0 Å². The smallest absolute Gasteiger partial charge is 0.410 e. The number of hydrogen-bond donors (Lipinski definition) is 1. The molecule has 0 aliphatic carbocycles. The van der Waals surface area contributed by atoms with Gasteiger partial charge in [-0.2, -0.15) is 0 Å². The minimum atomic E-state index is -0.525. The maximum Gasteiger partial charge on any atom is 0.410 e. The van der Waals surface area contributed by atoms with E-state index in [0.29, 0.717) is 31.4 Å². The average Bonchev–Trinajstić information content (AvgIpc) is 3.41. The highest BCUT2D eigenvalue weighted by Crippen LogP contribution is 2.39. The fraction of sp³-hybridized carbons (Fsp3) is 0.464. The molecule has 0 saturated carbocycles. The van der Waals surface area contributed by atoms with E-state index in [9.17, 15) is 4.79 Å². The molecule has 8 heteroatoms. The van der Waals surface area contributed by atoms with Crippen molar-refractivity contribution in [3.63, 3.8) is 0 Å². The van der Waals surface area contributed by atoms with Gasteiger partial charge in [0, 0.05) is 34.6 Å².